The number of carbonyl (C=O) groups excluding carboxylic acids is 2. The molecule has 2 aliphatic heterocycles. The SMILES string of the molecule is CCNc1nc(C)cc(N2CCN(C(=O)C3CC(=O)N(c4cccc(OC)c4)C3)CC2)n1. The minimum absolute atomic E-state index is 0.0253. The molecule has 9 heteroatoms. The van der Waals surface area contributed by atoms with Crippen LogP contribution >= 0.6 is 0 Å². The number of aryl methyl sites for hydroxylation is 1. The van der Waals surface area contributed by atoms with E-state index in [1.807, 2.05) is 49.1 Å². The lowest BCUT2D eigenvalue weighted by molar-refractivity contribution is -0.136. The predicted octanol–water partition coefficient (Wildman–Crippen LogP) is 1.93. The van der Waals surface area contributed by atoms with Gasteiger partial charge in [-0.3, -0.25) is 9.59 Å². The fraction of sp³-hybridized carbons (Fsp3) is 0.478. The zero-order valence-electron chi connectivity index (χ0n) is 18.9. The van der Waals surface area contributed by atoms with Crippen molar-refractivity contribution in [2.75, 3.05) is 61.5 Å². The number of ether oxygens (including phenoxy) is 1. The molecule has 0 saturated carbocycles. The van der Waals surface area contributed by atoms with E-state index in [9.17, 15) is 9.59 Å². The Kier molecular flexibility index (Phi) is 6.43. The number of rotatable bonds is 6. The molecule has 0 bridgehead atoms. The number of anilines is 3. The molecule has 1 aromatic carbocycles. The van der Waals surface area contributed by atoms with Gasteiger partial charge in [-0.15, -0.1) is 0 Å². The molecule has 2 fully saturated rings. The third-order valence-corrected chi connectivity index (χ3v) is 5.93. The molecular formula is C23H30N6O3. The number of nitrogens with zero attached hydrogens (tertiary/aromatic N) is 5. The maximum Gasteiger partial charge on any atom is 0.228 e. The van der Waals surface area contributed by atoms with Crippen LogP contribution in [0.3, 0.4) is 0 Å². The standard InChI is InChI=1S/C23H30N6O3/c1-4-24-23-25-16(2)12-20(26-23)27-8-10-28(11-9-27)22(31)17-13-21(30)29(15-17)18-6-5-7-19(14-18)32-3/h5-7,12,14,17H,4,8-11,13,15H2,1-3H3,(H,24,25,26). The van der Waals surface area contributed by atoms with Crippen molar-refractivity contribution in [1.82, 2.24) is 14.9 Å². The summed E-state index contributed by atoms with van der Waals surface area (Å²) in [6.07, 6.45) is 0.243. The van der Waals surface area contributed by atoms with Crippen LogP contribution in [0.15, 0.2) is 30.3 Å². The Morgan fingerprint density at radius 2 is 1.97 bits per heavy atom. The number of amides is 2. The van der Waals surface area contributed by atoms with E-state index in [1.165, 1.54) is 0 Å². The third kappa shape index (κ3) is 4.61. The number of aromatic nitrogens is 2. The number of methoxy groups -OCH3 is 1. The predicted molar refractivity (Wildman–Crippen MR) is 123 cm³/mol. The van der Waals surface area contributed by atoms with E-state index in [2.05, 4.69) is 20.2 Å². The minimum Gasteiger partial charge on any atom is -0.497 e. The Morgan fingerprint density at radius 3 is 2.69 bits per heavy atom. The number of hydrogen-bond acceptors (Lipinski definition) is 7. The van der Waals surface area contributed by atoms with Gasteiger partial charge in [0.15, 0.2) is 0 Å². The lowest BCUT2D eigenvalue weighted by Gasteiger charge is -2.36. The highest BCUT2D eigenvalue weighted by Gasteiger charge is 2.38. The van der Waals surface area contributed by atoms with E-state index in [1.54, 1.807) is 12.0 Å². The van der Waals surface area contributed by atoms with Crippen LogP contribution in [0.2, 0.25) is 0 Å². The van der Waals surface area contributed by atoms with Crippen LogP contribution in [-0.2, 0) is 9.59 Å². The first kappa shape index (κ1) is 21.9. The number of carbonyl (C=O) groups is 2. The molecule has 4 rings (SSSR count). The lowest BCUT2D eigenvalue weighted by atomic mass is 10.1. The number of piperazine rings is 1. The van der Waals surface area contributed by atoms with Gasteiger partial charge < -0.3 is 24.8 Å². The third-order valence-electron chi connectivity index (χ3n) is 5.93. The second kappa shape index (κ2) is 9.42. The molecule has 2 saturated heterocycles. The summed E-state index contributed by atoms with van der Waals surface area (Å²) < 4.78 is 5.26. The number of nitrogens with one attached hydrogen (secondary N) is 1. The quantitative estimate of drug-likeness (QED) is 0.737. The Hall–Kier alpha value is -3.36. The van der Waals surface area contributed by atoms with Gasteiger partial charge in [-0.25, -0.2) is 4.98 Å². The van der Waals surface area contributed by atoms with E-state index in [0.717, 1.165) is 23.7 Å². The van der Waals surface area contributed by atoms with Crippen molar-refractivity contribution in [2.45, 2.75) is 20.3 Å². The lowest BCUT2D eigenvalue weighted by Crippen LogP contribution is -2.51. The molecule has 9 nitrogen and oxygen atoms in total. The molecule has 1 unspecified atom stereocenters. The van der Waals surface area contributed by atoms with Crippen LogP contribution in [0.25, 0.3) is 0 Å². The van der Waals surface area contributed by atoms with Gasteiger partial charge in [-0.05, 0) is 26.0 Å². The highest BCUT2D eigenvalue weighted by Crippen LogP contribution is 2.29. The first-order chi connectivity index (χ1) is 15.5. The molecule has 0 spiro atoms. The maximum absolute atomic E-state index is 13.2. The molecule has 1 N–H and O–H groups in total. The zero-order valence-corrected chi connectivity index (χ0v) is 18.9. The summed E-state index contributed by atoms with van der Waals surface area (Å²) in [5, 5.41) is 3.16. The molecule has 0 radical (unpaired) electrons. The molecule has 1 atom stereocenters. The first-order valence-corrected chi connectivity index (χ1v) is 11.1. The van der Waals surface area contributed by atoms with Gasteiger partial charge in [0.05, 0.1) is 13.0 Å². The number of hydrogen-bond donors (Lipinski definition) is 1. The molecule has 0 aliphatic carbocycles. The van der Waals surface area contributed by atoms with Gasteiger partial charge in [-0.2, -0.15) is 4.98 Å². The molecule has 170 valence electrons. The summed E-state index contributed by atoms with van der Waals surface area (Å²) in [5.74, 6) is 1.91. The van der Waals surface area contributed by atoms with Crippen molar-refractivity contribution in [3.8, 4) is 5.75 Å². The molecular weight excluding hydrogens is 408 g/mol. The van der Waals surface area contributed by atoms with Crippen molar-refractivity contribution in [3.63, 3.8) is 0 Å². The second-order valence-electron chi connectivity index (χ2n) is 8.14. The zero-order chi connectivity index (χ0) is 22.7. The van der Waals surface area contributed by atoms with Crippen LogP contribution in [0.1, 0.15) is 19.0 Å². The number of benzene rings is 1. The summed E-state index contributed by atoms with van der Waals surface area (Å²) in [5.41, 5.74) is 1.68. The molecule has 2 amide bonds. The minimum atomic E-state index is -0.318. The average Bonchev–Trinajstić information content (AvgIpc) is 3.20. The smallest absolute Gasteiger partial charge is 0.228 e. The van der Waals surface area contributed by atoms with Crippen molar-refractivity contribution in [3.05, 3.63) is 36.0 Å². The molecule has 2 aliphatic rings. The summed E-state index contributed by atoms with van der Waals surface area (Å²) in [7, 11) is 1.60. The highest BCUT2D eigenvalue weighted by atomic mass is 16.5. The van der Waals surface area contributed by atoms with Gasteiger partial charge in [0, 0.05) is 69.2 Å². The molecule has 32 heavy (non-hydrogen) atoms. The van der Waals surface area contributed by atoms with Gasteiger partial charge >= 0.3 is 0 Å². The summed E-state index contributed by atoms with van der Waals surface area (Å²) in [6, 6.07) is 9.37. The summed E-state index contributed by atoms with van der Waals surface area (Å²) in [4.78, 5) is 40.5. The van der Waals surface area contributed by atoms with Crippen molar-refractivity contribution < 1.29 is 14.3 Å². The summed E-state index contributed by atoms with van der Waals surface area (Å²) in [6.45, 7) is 7.77. The Bertz CT molecular complexity index is 989. The van der Waals surface area contributed by atoms with Crippen molar-refractivity contribution in [2.24, 2.45) is 5.92 Å². The first-order valence-electron chi connectivity index (χ1n) is 11.1. The average molecular weight is 439 g/mol. The summed E-state index contributed by atoms with van der Waals surface area (Å²) >= 11 is 0. The Labute approximate surface area is 188 Å². The second-order valence-corrected chi connectivity index (χ2v) is 8.14. The monoisotopic (exact) mass is 438 g/mol. The van der Waals surface area contributed by atoms with Crippen LogP contribution in [0.4, 0.5) is 17.5 Å². The van der Waals surface area contributed by atoms with Gasteiger partial charge in [0.25, 0.3) is 0 Å². The highest BCUT2D eigenvalue weighted by molar-refractivity contribution is 6.00. The van der Waals surface area contributed by atoms with Crippen LogP contribution in [0.5, 0.6) is 5.75 Å². The van der Waals surface area contributed by atoms with E-state index in [-0.39, 0.29) is 24.2 Å². The van der Waals surface area contributed by atoms with Gasteiger partial charge in [-0.1, -0.05) is 6.07 Å². The largest absolute Gasteiger partial charge is 0.497 e. The Balaban J connectivity index is 1.37. The van der Waals surface area contributed by atoms with Gasteiger partial charge in [0.2, 0.25) is 17.8 Å². The van der Waals surface area contributed by atoms with Crippen molar-refractivity contribution in [1.29, 1.82) is 0 Å². The van der Waals surface area contributed by atoms with E-state index >= 15 is 0 Å². The Morgan fingerprint density at radius 1 is 1.19 bits per heavy atom. The fourth-order valence-electron chi connectivity index (χ4n) is 4.27. The molecule has 3 heterocycles. The van der Waals surface area contributed by atoms with Crippen LogP contribution < -0.4 is 19.9 Å². The van der Waals surface area contributed by atoms with Crippen LogP contribution in [-0.4, -0.2) is 73.1 Å². The molecule has 1 aromatic heterocycles. The normalized spacial score (nSPS) is 18.8. The van der Waals surface area contributed by atoms with Crippen LogP contribution in [0, 0.1) is 12.8 Å². The fourth-order valence-corrected chi connectivity index (χ4v) is 4.27. The topological polar surface area (TPSA) is 90.9 Å². The van der Waals surface area contributed by atoms with Crippen molar-refractivity contribution >= 4 is 29.3 Å². The van der Waals surface area contributed by atoms with E-state index in [4.69, 9.17) is 4.74 Å². The van der Waals surface area contributed by atoms with Gasteiger partial charge in [0.1, 0.15) is 11.6 Å². The van der Waals surface area contributed by atoms with E-state index in [0.29, 0.717) is 44.4 Å². The maximum atomic E-state index is 13.2. The van der Waals surface area contributed by atoms with E-state index < -0.39 is 0 Å². The molecule has 2 aromatic rings.